The van der Waals surface area contributed by atoms with Gasteiger partial charge in [-0.25, -0.2) is 23.7 Å². The second-order valence-corrected chi connectivity index (χ2v) is 9.01. The molecule has 7 rings (SSSR count). The highest BCUT2D eigenvalue weighted by molar-refractivity contribution is 5.65. The predicted molar refractivity (Wildman–Crippen MR) is 111 cm³/mol. The molecule has 2 saturated carbocycles. The maximum Gasteiger partial charge on any atom is 0.177 e. The Balaban J connectivity index is 1.41. The van der Waals surface area contributed by atoms with Crippen molar-refractivity contribution in [1.82, 2.24) is 30.1 Å². The van der Waals surface area contributed by atoms with Crippen molar-refractivity contribution in [3.05, 3.63) is 77.6 Å². The van der Waals surface area contributed by atoms with Crippen molar-refractivity contribution in [2.45, 2.75) is 37.0 Å². The van der Waals surface area contributed by atoms with Crippen LogP contribution in [-0.4, -0.2) is 30.1 Å². The fraction of sp³-hybridized carbons (Fsp3) is 0.292. The summed E-state index contributed by atoms with van der Waals surface area (Å²) in [6.07, 6.45) is 9.23. The molecule has 6 nitrogen and oxygen atoms in total. The van der Waals surface area contributed by atoms with Gasteiger partial charge in [0.15, 0.2) is 5.82 Å². The number of imidazole rings is 1. The minimum atomic E-state index is -0.627. The average molecular weight is 428 g/mol. The van der Waals surface area contributed by atoms with Gasteiger partial charge in [-0.3, -0.25) is 0 Å². The Bertz CT molecular complexity index is 1360. The van der Waals surface area contributed by atoms with Crippen LogP contribution in [0.5, 0.6) is 0 Å². The lowest BCUT2D eigenvalue weighted by Gasteiger charge is -2.63. The van der Waals surface area contributed by atoms with Gasteiger partial charge in [-0.1, -0.05) is 6.07 Å². The number of rotatable bonds is 3. The zero-order valence-electron chi connectivity index (χ0n) is 17.0. The van der Waals surface area contributed by atoms with E-state index in [1.54, 1.807) is 18.7 Å². The molecule has 3 heterocycles. The van der Waals surface area contributed by atoms with Gasteiger partial charge in [0.25, 0.3) is 0 Å². The standard InChI is InChI=1S/C24H18F2N6/c25-15-2-1-3-16(26)20(15)17-10-13-14-4-6-23(14)7-8-24(23,21(13)32-31-17)19-5-9-28-22(30-19)18-11-27-12-29-18/h1-3,5,9-12,14H,4,6-8H2,(H,27,29)/t14-,23?,24-/m0/s1. The first-order chi connectivity index (χ1) is 15.6. The third kappa shape index (κ3) is 2.00. The lowest BCUT2D eigenvalue weighted by molar-refractivity contribution is -0.0633. The minimum absolute atomic E-state index is 0.0516. The second-order valence-electron chi connectivity index (χ2n) is 9.01. The van der Waals surface area contributed by atoms with E-state index in [0.29, 0.717) is 11.7 Å². The van der Waals surface area contributed by atoms with E-state index >= 15 is 0 Å². The maximum atomic E-state index is 14.4. The summed E-state index contributed by atoms with van der Waals surface area (Å²) < 4.78 is 28.9. The van der Waals surface area contributed by atoms with Crippen molar-refractivity contribution < 1.29 is 8.78 Å². The molecule has 3 aromatic heterocycles. The predicted octanol–water partition coefficient (Wildman–Crippen LogP) is 4.56. The average Bonchev–Trinajstić information content (AvgIpc) is 3.32. The first-order valence-corrected chi connectivity index (χ1v) is 10.8. The highest BCUT2D eigenvalue weighted by Crippen LogP contribution is 2.79. The van der Waals surface area contributed by atoms with Crippen molar-refractivity contribution in [2.75, 3.05) is 0 Å². The SMILES string of the molecule is Fc1cccc(F)c1-c1cc2c(nn1)[C@@]1(c3ccnc(-c4cnc[nH]4)n3)CCC13CC[C@@H]23. The molecule has 1 N–H and O–H groups in total. The number of nitrogens with one attached hydrogen (secondary N) is 1. The monoisotopic (exact) mass is 428 g/mol. The number of aromatic amines is 1. The van der Waals surface area contributed by atoms with Crippen LogP contribution in [0.15, 0.2) is 49.1 Å². The van der Waals surface area contributed by atoms with Crippen LogP contribution in [0.1, 0.15) is 48.6 Å². The van der Waals surface area contributed by atoms with Crippen molar-refractivity contribution in [3.8, 4) is 22.8 Å². The first-order valence-electron chi connectivity index (χ1n) is 10.8. The van der Waals surface area contributed by atoms with Crippen LogP contribution >= 0.6 is 0 Å². The number of hydrogen-bond donors (Lipinski definition) is 1. The van der Waals surface area contributed by atoms with Crippen LogP contribution in [0.4, 0.5) is 8.78 Å². The molecule has 1 spiro atoms. The molecule has 3 aliphatic carbocycles. The number of halogens is 2. The molecular formula is C24H18F2N6. The maximum absolute atomic E-state index is 14.4. The summed E-state index contributed by atoms with van der Waals surface area (Å²) in [4.78, 5) is 16.5. The number of H-pyrrole nitrogens is 1. The molecule has 32 heavy (non-hydrogen) atoms. The van der Waals surface area contributed by atoms with Crippen molar-refractivity contribution in [3.63, 3.8) is 0 Å². The number of benzene rings is 1. The van der Waals surface area contributed by atoms with Gasteiger partial charge in [0.2, 0.25) is 0 Å². The van der Waals surface area contributed by atoms with E-state index in [9.17, 15) is 8.78 Å². The van der Waals surface area contributed by atoms with Gasteiger partial charge in [-0.15, -0.1) is 5.10 Å². The van der Waals surface area contributed by atoms with Crippen LogP contribution in [0.3, 0.4) is 0 Å². The molecule has 0 saturated heterocycles. The van der Waals surface area contributed by atoms with E-state index in [0.717, 1.165) is 48.3 Å². The third-order valence-electron chi connectivity index (χ3n) is 8.00. The summed E-state index contributed by atoms with van der Waals surface area (Å²) in [5, 5.41) is 8.92. The molecule has 0 radical (unpaired) electrons. The molecule has 2 fully saturated rings. The summed E-state index contributed by atoms with van der Waals surface area (Å²) in [7, 11) is 0. The van der Waals surface area contributed by atoms with E-state index in [-0.39, 0.29) is 22.1 Å². The molecule has 3 aliphatic rings. The molecular weight excluding hydrogens is 410 g/mol. The van der Waals surface area contributed by atoms with Crippen molar-refractivity contribution in [2.24, 2.45) is 5.41 Å². The molecule has 1 unspecified atom stereocenters. The number of hydrogen-bond acceptors (Lipinski definition) is 5. The molecule has 1 aromatic carbocycles. The van der Waals surface area contributed by atoms with Crippen LogP contribution in [0.2, 0.25) is 0 Å². The summed E-state index contributed by atoms with van der Waals surface area (Å²) in [5.41, 5.74) is 3.51. The third-order valence-corrected chi connectivity index (χ3v) is 8.00. The van der Waals surface area contributed by atoms with E-state index < -0.39 is 11.6 Å². The number of fused-ring (bicyclic) bond motifs is 3. The molecule has 0 aliphatic heterocycles. The Morgan fingerprint density at radius 2 is 1.91 bits per heavy atom. The molecule has 0 bridgehead atoms. The summed E-state index contributed by atoms with van der Waals surface area (Å²) >= 11 is 0. The largest absolute Gasteiger partial charge is 0.342 e. The van der Waals surface area contributed by atoms with Crippen LogP contribution < -0.4 is 0 Å². The van der Waals surface area contributed by atoms with Gasteiger partial charge in [0, 0.05) is 6.20 Å². The Hall–Kier alpha value is -3.55. The van der Waals surface area contributed by atoms with Gasteiger partial charge in [-0.2, -0.15) is 5.10 Å². The summed E-state index contributed by atoms with van der Waals surface area (Å²) in [6, 6.07) is 7.68. The highest BCUT2D eigenvalue weighted by atomic mass is 19.1. The van der Waals surface area contributed by atoms with Crippen LogP contribution in [0, 0.1) is 17.0 Å². The van der Waals surface area contributed by atoms with E-state index in [1.807, 2.05) is 12.1 Å². The number of nitrogens with zero attached hydrogens (tertiary/aromatic N) is 5. The molecule has 3 atom stereocenters. The van der Waals surface area contributed by atoms with Gasteiger partial charge in [-0.05, 0) is 66.8 Å². The van der Waals surface area contributed by atoms with Crippen LogP contribution in [0.25, 0.3) is 22.8 Å². The molecule has 158 valence electrons. The van der Waals surface area contributed by atoms with E-state index in [2.05, 4.69) is 25.1 Å². The smallest absolute Gasteiger partial charge is 0.177 e. The van der Waals surface area contributed by atoms with Crippen LogP contribution in [-0.2, 0) is 5.41 Å². The summed E-state index contributed by atoms with van der Waals surface area (Å²) in [6.45, 7) is 0. The Morgan fingerprint density at radius 3 is 2.59 bits per heavy atom. The molecule has 4 aromatic rings. The zero-order valence-corrected chi connectivity index (χ0v) is 17.0. The fourth-order valence-electron chi connectivity index (χ4n) is 6.43. The Kier molecular flexibility index (Phi) is 3.40. The quantitative estimate of drug-likeness (QED) is 0.518. The van der Waals surface area contributed by atoms with E-state index in [1.165, 1.54) is 18.2 Å². The summed E-state index contributed by atoms with van der Waals surface area (Å²) in [5.74, 6) is -0.351. The van der Waals surface area contributed by atoms with Gasteiger partial charge in [0.05, 0.1) is 40.6 Å². The Labute approximate surface area is 182 Å². The molecule has 8 heteroatoms. The van der Waals surface area contributed by atoms with Crippen molar-refractivity contribution >= 4 is 0 Å². The topological polar surface area (TPSA) is 80.2 Å². The Morgan fingerprint density at radius 1 is 1.03 bits per heavy atom. The van der Waals surface area contributed by atoms with Crippen molar-refractivity contribution in [1.29, 1.82) is 0 Å². The zero-order chi connectivity index (χ0) is 21.5. The van der Waals surface area contributed by atoms with Gasteiger partial charge >= 0.3 is 0 Å². The first kappa shape index (κ1) is 18.1. The van der Waals surface area contributed by atoms with Gasteiger partial charge in [0.1, 0.15) is 17.3 Å². The molecule has 0 amide bonds. The fourth-order valence-corrected chi connectivity index (χ4v) is 6.43. The normalized spacial score (nSPS) is 27.1. The lowest BCUT2D eigenvalue weighted by Crippen LogP contribution is -2.58. The van der Waals surface area contributed by atoms with E-state index in [4.69, 9.17) is 4.98 Å². The van der Waals surface area contributed by atoms with Gasteiger partial charge < -0.3 is 4.98 Å². The lowest BCUT2D eigenvalue weighted by atomic mass is 9.40. The second kappa shape index (κ2) is 6.03. The highest BCUT2D eigenvalue weighted by Gasteiger charge is 2.74. The number of aromatic nitrogens is 6. The minimum Gasteiger partial charge on any atom is -0.342 e.